The minimum Gasteiger partial charge on any atom is -0.369 e. The standard InChI is InChI=1S/C21H24FN5/c1-2-11-23-20-16-7-3-5-9-18(16)24-21(25-20)27-14-12-26(13-15-27)19-10-6-4-8-17(19)22/h3-10H,2,11-15H2,1H3,(H,23,24,25). The van der Waals surface area contributed by atoms with Gasteiger partial charge in [0.25, 0.3) is 0 Å². The maximum Gasteiger partial charge on any atom is 0.228 e. The number of aromatic nitrogens is 2. The van der Waals surface area contributed by atoms with Gasteiger partial charge in [-0.3, -0.25) is 0 Å². The molecule has 0 amide bonds. The van der Waals surface area contributed by atoms with E-state index in [0.29, 0.717) is 5.69 Å². The summed E-state index contributed by atoms with van der Waals surface area (Å²) in [6.07, 6.45) is 1.04. The summed E-state index contributed by atoms with van der Waals surface area (Å²) in [7, 11) is 0. The van der Waals surface area contributed by atoms with Gasteiger partial charge in [0, 0.05) is 38.1 Å². The Morgan fingerprint density at radius 3 is 2.41 bits per heavy atom. The molecule has 2 aromatic carbocycles. The fraction of sp³-hybridized carbons (Fsp3) is 0.333. The van der Waals surface area contributed by atoms with Crippen molar-refractivity contribution in [1.82, 2.24) is 9.97 Å². The monoisotopic (exact) mass is 365 g/mol. The highest BCUT2D eigenvalue weighted by Gasteiger charge is 2.22. The zero-order valence-electron chi connectivity index (χ0n) is 15.5. The van der Waals surface area contributed by atoms with Gasteiger partial charge < -0.3 is 15.1 Å². The van der Waals surface area contributed by atoms with E-state index in [4.69, 9.17) is 9.97 Å². The maximum absolute atomic E-state index is 14.1. The third-order valence-electron chi connectivity index (χ3n) is 4.89. The average Bonchev–Trinajstić information content (AvgIpc) is 2.72. The van der Waals surface area contributed by atoms with E-state index < -0.39 is 0 Å². The lowest BCUT2D eigenvalue weighted by molar-refractivity contribution is 0.594. The first kappa shape index (κ1) is 17.5. The molecule has 0 radical (unpaired) electrons. The van der Waals surface area contributed by atoms with Crippen LogP contribution in [0.15, 0.2) is 48.5 Å². The van der Waals surface area contributed by atoms with Crippen molar-refractivity contribution in [2.24, 2.45) is 0 Å². The highest BCUT2D eigenvalue weighted by Crippen LogP contribution is 2.25. The van der Waals surface area contributed by atoms with Gasteiger partial charge in [-0.15, -0.1) is 0 Å². The van der Waals surface area contributed by atoms with E-state index in [1.165, 1.54) is 6.07 Å². The largest absolute Gasteiger partial charge is 0.369 e. The van der Waals surface area contributed by atoms with Crippen LogP contribution in [0.25, 0.3) is 10.9 Å². The van der Waals surface area contributed by atoms with Crippen LogP contribution < -0.4 is 15.1 Å². The molecule has 1 fully saturated rings. The number of fused-ring (bicyclic) bond motifs is 1. The molecule has 1 aromatic heterocycles. The van der Waals surface area contributed by atoms with E-state index in [0.717, 1.165) is 61.8 Å². The average molecular weight is 365 g/mol. The van der Waals surface area contributed by atoms with Crippen molar-refractivity contribution in [3.63, 3.8) is 0 Å². The Bertz CT molecular complexity index is 921. The third kappa shape index (κ3) is 3.65. The first-order valence-electron chi connectivity index (χ1n) is 9.51. The first-order valence-corrected chi connectivity index (χ1v) is 9.51. The minimum absolute atomic E-state index is 0.168. The number of anilines is 3. The Balaban J connectivity index is 1.56. The van der Waals surface area contributed by atoms with E-state index in [1.807, 2.05) is 36.4 Å². The summed E-state index contributed by atoms with van der Waals surface area (Å²) < 4.78 is 14.1. The second-order valence-corrected chi connectivity index (χ2v) is 6.74. The molecule has 27 heavy (non-hydrogen) atoms. The Morgan fingerprint density at radius 1 is 0.926 bits per heavy atom. The van der Waals surface area contributed by atoms with E-state index >= 15 is 0 Å². The van der Waals surface area contributed by atoms with Gasteiger partial charge in [0.05, 0.1) is 11.2 Å². The summed E-state index contributed by atoms with van der Waals surface area (Å²) in [5.74, 6) is 1.45. The van der Waals surface area contributed by atoms with Crippen LogP contribution in [0, 0.1) is 5.82 Å². The van der Waals surface area contributed by atoms with Crippen LogP contribution in [0.4, 0.5) is 21.8 Å². The van der Waals surface area contributed by atoms with Crippen molar-refractivity contribution in [3.8, 4) is 0 Å². The van der Waals surface area contributed by atoms with Crippen molar-refractivity contribution in [2.75, 3.05) is 47.8 Å². The zero-order valence-corrected chi connectivity index (χ0v) is 15.5. The van der Waals surface area contributed by atoms with Crippen LogP contribution >= 0.6 is 0 Å². The second kappa shape index (κ2) is 7.78. The van der Waals surface area contributed by atoms with Gasteiger partial charge in [-0.05, 0) is 30.7 Å². The van der Waals surface area contributed by atoms with Gasteiger partial charge in [-0.2, -0.15) is 4.98 Å². The zero-order chi connectivity index (χ0) is 18.6. The van der Waals surface area contributed by atoms with E-state index in [-0.39, 0.29) is 5.82 Å². The second-order valence-electron chi connectivity index (χ2n) is 6.74. The predicted octanol–water partition coefficient (Wildman–Crippen LogP) is 3.92. The maximum atomic E-state index is 14.1. The highest BCUT2D eigenvalue weighted by molar-refractivity contribution is 5.90. The molecule has 0 bridgehead atoms. The smallest absolute Gasteiger partial charge is 0.228 e. The van der Waals surface area contributed by atoms with Crippen molar-refractivity contribution in [2.45, 2.75) is 13.3 Å². The number of halogens is 1. The number of hydrogen-bond acceptors (Lipinski definition) is 5. The lowest BCUT2D eigenvalue weighted by Gasteiger charge is -2.36. The molecule has 140 valence electrons. The quantitative estimate of drug-likeness (QED) is 0.742. The molecule has 0 unspecified atom stereocenters. The Kier molecular flexibility index (Phi) is 5.05. The SMILES string of the molecule is CCCNc1nc(N2CCN(c3ccccc3F)CC2)nc2ccccc12. The molecule has 0 spiro atoms. The number of hydrogen-bond donors (Lipinski definition) is 1. The number of nitrogens with one attached hydrogen (secondary N) is 1. The van der Waals surface area contributed by atoms with E-state index in [9.17, 15) is 4.39 Å². The molecular formula is C21H24FN5. The van der Waals surface area contributed by atoms with Crippen molar-refractivity contribution < 1.29 is 4.39 Å². The molecule has 1 aliphatic heterocycles. The number of para-hydroxylation sites is 2. The van der Waals surface area contributed by atoms with E-state index in [1.54, 1.807) is 6.07 Å². The lowest BCUT2D eigenvalue weighted by atomic mass is 10.2. The Hall–Kier alpha value is -2.89. The van der Waals surface area contributed by atoms with Crippen molar-refractivity contribution in [1.29, 1.82) is 0 Å². The third-order valence-corrected chi connectivity index (χ3v) is 4.89. The van der Waals surface area contributed by atoms with Crippen LogP contribution in [0.5, 0.6) is 0 Å². The molecule has 6 heteroatoms. The number of piperazine rings is 1. The lowest BCUT2D eigenvalue weighted by Crippen LogP contribution is -2.47. The fourth-order valence-corrected chi connectivity index (χ4v) is 3.44. The summed E-state index contributed by atoms with van der Waals surface area (Å²) in [5, 5.41) is 4.46. The summed E-state index contributed by atoms with van der Waals surface area (Å²) in [4.78, 5) is 13.8. The van der Waals surface area contributed by atoms with Gasteiger partial charge in [0.1, 0.15) is 11.6 Å². The number of benzene rings is 2. The van der Waals surface area contributed by atoms with Crippen molar-refractivity contribution in [3.05, 3.63) is 54.3 Å². The summed E-state index contributed by atoms with van der Waals surface area (Å²) in [6, 6.07) is 15.0. The molecule has 4 rings (SSSR count). The van der Waals surface area contributed by atoms with Crippen molar-refractivity contribution >= 4 is 28.4 Å². The molecule has 1 N–H and O–H groups in total. The fourth-order valence-electron chi connectivity index (χ4n) is 3.44. The van der Waals surface area contributed by atoms with Crippen LogP contribution in [-0.2, 0) is 0 Å². The van der Waals surface area contributed by atoms with Gasteiger partial charge in [-0.25, -0.2) is 9.37 Å². The van der Waals surface area contributed by atoms with Crippen LogP contribution in [0.2, 0.25) is 0 Å². The molecule has 3 aromatic rings. The van der Waals surface area contributed by atoms with Crippen LogP contribution in [0.3, 0.4) is 0 Å². The van der Waals surface area contributed by atoms with Crippen LogP contribution in [0.1, 0.15) is 13.3 Å². The molecule has 1 saturated heterocycles. The molecule has 0 aliphatic carbocycles. The Labute approximate surface area is 158 Å². The predicted molar refractivity (Wildman–Crippen MR) is 109 cm³/mol. The topological polar surface area (TPSA) is 44.3 Å². The van der Waals surface area contributed by atoms with Gasteiger partial charge in [-0.1, -0.05) is 31.2 Å². The molecule has 5 nitrogen and oxygen atoms in total. The van der Waals surface area contributed by atoms with Gasteiger partial charge in [0.15, 0.2) is 0 Å². The normalized spacial score (nSPS) is 14.6. The molecule has 0 atom stereocenters. The summed E-state index contributed by atoms with van der Waals surface area (Å²) in [6.45, 7) is 6.03. The first-order chi connectivity index (χ1) is 13.3. The number of rotatable bonds is 5. The van der Waals surface area contributed by atoms with E-state index in [2.05, 4.69) is 22.0 Å². The van der Waals surface area contributed by atoms with Gasteiger partial charge >= 0.3 is 0 Å². The summed E-state index contributed by atoms with van der Waals surface area (Å²) in [5.41, 5.74) is 1.61. The molecular weight excluding hydrogens is 341 g/mol. The number of nitrogens with zero attached hydrogens (tertiary/aromatic N) is 4. The minimum atomic E-state index is -0.168. The Morgan fingerprint density at radius 2 is 1.63 bits per heavy atom. The molecule has 2 heterocycles. The van der Waals surface area contributed by atoms with Crippen LogP contribution in [-0.4, -0.2) is 42.7 Å². The molecule has 1 aliphatic rings. The van der Waals surface area contributed by atoms with Gasteiger partial charge in [0.2, 0.25) is 5.95 Å². The summed E-state index contributed by atoms with van der Waals surface area (Å²) >= 11 is 0. The molecule has 0 saturated carbocycles. The highest BCUT2D eigenvalue weighted by atomic mass is 19.1.